The topological polar surface area (TPSA) is 141 Å². The quantitative estimate of drug-likeness (QED) is 0.194. The molecule has 11 nitrogen and oxygen atoms in total. The van der Waals surface area contributed by atoms with Gasteiger partial charge in [0.2, 0.25) is 5.91 Å². The van der Waals surface area contributed by atoms with Crippen LogP contribution >= 0.6 is 34.5 Å². The predicted octanol–water partition coefficient (Wildman–Crippen LogP) is 5.37. The van der Waals surface area contributed by atoms with Gasteiger partial charge in [-0.2, -0.15) is 0 Å². The van der Waals surface area contributed by atoms with Gasteiger partial charge in [-0.1, -0.05) is 35.3 Å². The zero-order valence-electron chi connectivity index (χ0n) is 25.6. The molecule has 0 saturated carbocycles. The lowest BCUT2D eigenvalue weighted by Gasteiger charge is -2.29. The number of carbonyl (C=O) groups excluding carboxylic acids is 2. The summed E-state index contributed by atoms with van der Waals surface area (Å²) in [6, 6.07) is 16.6. The Hall–Kier alpha value is -3.88. The molecule has 2 atom stereocenters. The molecule has 0 bridgehead atoms. The fourth-order valence-corrected chi connectivity index (χ4v) is 8.51. The van der Waals surface area contributed by atoms with E-state index in [1.54, 1.807) is 5.38 Å². The van der Waals surface area contributed by atoms with Gasteiger partial charge in [0.1, 0.15) is 12.1 Å². The average molecular weight is 731 g/mol. The lowest BCUT2D eigenvalue weighted by molar-refractivity contribution is -0.139. The number of hydrogen-bond donors (Lipinski definition) is 3. The van der Waals surface area contributed by atoms with Crippen molar-refractivity contribution in [2.45, 2.75) is 42.7 Å². The first-order valence-electron chi connectivity index (χ1n) is 15.3. The molecule has 3 N–H and O–H groups in total. The summed E-state index contributed by atoms with van der Waals surface area (Å²) in [5.41, 5.74) is 4.59. The molecule has 0 unspecified atom stereocenters. The van der Waals surface area contributed by atoms with Gasteiger partial charge in [0, 0.05) is 64.8 Å². The summed E-state index contributed by atoms with van der Waals surface area (Å²) in [5, 5.41) is 15.8. The number of carbonyl (C=O) groups is 2. The van der Waals surface area contributed by atoms with E-state index in [0.29, 0.717) is 23.9 Å². The SMILES string of the molecule is O=C(Nc1ccc(S(=O)(=O)Nc2nccs2)cc1)[C@H](CCO)N1CCc2c(Cl)cccc21.O=C1OCC[C@@H]1N1CCc2c(Cl)cccc21. The number of nitrogens with one attached hydrogen (secondary N) is 2. The van der Waals surface area contributed by atoms with Gasteiger partial charge in [-0.3, -0.25) is 9.52 Å². The first-order valence-corrected chi connectivity index (χ1v) is 18.5. The number of sulfonamides is 1. The summed E-state index contributed by atoms with van der Waals surface area (Å²) in [4.78, 5) is 32.6. The summed E-state index contributed by atoms with van der Waals surface area (Å²) < 4.78 is 32.4. The molecule has 7 rings (SSSR count). The third-order valence-corrected chi connectivity index (χ3v) is 11.3. The summed E-state index contributed by atoms with van der Waals surface area (Å²) in [6.07, 6.45) is 4.19. The van der Waals surface area contributed by atoms with Gasteiger partial charge < -0.3 is 25.0 Å². The maximum atomic E-state index is 13.0. The number of anilines is 4. The van der Waals surface area contributed by atoms with Crippen molar-refractivity contribution in [3.63, 3.8) is 0 Å². The third kappa shape index (κ3) is 7.25. The number of esters is 1. The minimum Gasteiger partial charge on any atom is -0.464 e. The number of halogens is 2. The second kappa shape index (κ2) is 14.7. The van der Waals surface area contributed by atoms with Gasteiger partial charge in [-0.05, 0) is 78.9 Å². The van der Waals surface area contributed by atoms with E-state index in [-0.39, 0.29) is 41.0 Å². The van der Waals surface area contributed by atoms with Gasteiger partial charge in [0.25, 0.3) is 10.0 Å². The van der Waals surface area contributed by atoms with Crippen molar-refractivity contribution < 1.29 is 27.9 Å². The number of cyclic esters (lactones) is 1. The van der Waals surface area contributed by atoms with Crippen LogP contribution in [0.4, 0.5) is 22.2 Å². The Kier molecular flexibility index (Phi) is 10.4. The largest absolute Gasteiger partial charge is 0.464 e. The van der Waals surface area contributed by atoms with E-state index in [9.17, 15) is 23.1 Å². The fourth-order valence-electron chi connectivity index (χ4n) is 6.19. The molecule has 1 aromatic heterocycles. The van der Waals surface area contributed by atoms with E-state index in [1.807, 2.05) is 41.3 Å². The molecule has 0 radical (unpaired) electrons. The van der Waals surface area contributed by atoms with Gasteiger partial charge in [0.05, 0.1) is 11.5 Å². The Morgan fingerprint density at radius 3 is 2.35 bits per heavy atom. The van der Waals surface area contributed by atoms with Gasteiger partial charge >= 0.3 is 5.97 Å². The van der Waals surface area contributed by atoms with Crippen LogP contribution in [0.1, 0.15) is 24.0 Å². The molecular formula is C33H33Cl2N5O6S2. The zero-order chi connectivity index (χ0) is 33.8. The molecule has 3 aliphatic rings. The molecule has 4 aromatic rings. The van der Waals surface area contributed by atoms with Crippen molar-refractivity contribution in [2.75, 3.05) is 46.1 Å². The number of ether oxygens (including phenoxy) is 1. The minimum atomic E-state index is -3.77. The van der Waals surface area contributed by atoms with Crippen molar-refractivity contribution in [1.82, 2.24) is 4.98 Å². The van der Waals surface area contributed by atoms with Crippen LogP contribution in [0.15, 0.2) is 77.1 Å². The smallest absolute Gasteiger partial charge is 0.328 e. The maximum absolute atomic E-state index is 13.0. The maximum Gasteiger partial charge on any atom is 0.328 e. The number of fused-ring (bicyclic) bond motifs is 2. The molecular weight excluding hydrogens is 697 g/mol. The number of nitrogens with zero attached hydrogens (tertiary/aromatic N) is 3. The Morgan fingerprint density at radius 1 is 1.02 bits per heavy atom. The zero-order valence-corrected chi connectivity index (χ0v) is 28.8. The van der Waals surface area contributed by atoms with Crippen molar-refractivity contribution in [1.29, 1.82) is 0 Å². The first-order chi connectivity index (χ1) is 23.2. The predicted molar refractivity (Wildman–Crippen MR) is 188 cm³/mol. The average Bonchev–Trinajstić information content (AvgIpc) is 3.89. The van der Waals surface area contributed by atoms with Crippen molar-refractivity contribution >= 4 is 78.6 Å². The molecule has 48 heavy (non-hydrogen) atoms. The number of aliphatic hydroxyl groups excluding tert-OH is 1. The Labute approximate surface area is 292 Å². The molecule has 0 aliphatic carbocycles. The molecule has 1 amide bonds. The Balaban J connectivity index is 0.000000208. The minimum absolute atomic E-state index is 0.0562. The lowest BCUT2D eigenvalue weighted by Crippen LogP contribution is -2.44. The Morgan fingerprint density at radius 2 is 1.71 bits per heavy atom. The third-order valence-electron chi connectivity index (χ3n) is 8.46. The van der Waals surface area contributed by atoms with Gasteiger partial charge in [-0.15, -0.1) is 11.3 Å². The number of benzene rings is 3. The number of hydrogen-bond acceptors (Lipinski definition) is 10. The summed E-state index contributed by atoms with van der Waals surface area (Å²) in [7, 11) is -3.77. The normalized spacial score (nSPS) is 17.2. The molecule has 252 valence electrons. The summed E-state index contributed by atoms with van der Waals surface area (Å²) >= 11 is 13.6. The molecule has 3 aromatic carbocycles. The van der Waals surface area contributed by atoms with E-state index in [4.69, 9.17) is 27.9 Å². The number of aliphatic hydroxyl groups is 1. The van der Waals surface area contributed by atoms with Crippen LogP contribution < -0.4 is 19.8 Å². The highest BCUT2D eigenvalue weighted by molar-refractivity contribution is 7.93. The number of rotatable bonds is 9. The van der Waals surface area contributed by atoms with E-state index >= 15 is 0 Å². The van der Waals surface area contributed by atoms with E-state index in [0.717, 1.165) is 53.3 Å². The lowest BCUT2D eigenvalue weighted by atomic mass is 10.1. The van der Waals surface area contributed by atoms with Crippen molar-refractivity contribution in [3.05, 3.63) is 93.4 Å². The van der Waals surface area contributed by atoms with E-state index < -0.39 is 16.1 Å². The first kappa shape index (κ1) is 34.0. The Bertz CT molecular complexity index is 1890. The molecule has 4 heterocycles. The van der Waals surface area contributed by atoms with Crippen LogP contribution in [-0.4, -0.2) is 68.8 Å². The summed E-state index contributed by atoms with van der Waals surface area (Å²) in [6.45, 7) is 1.87. The van der Waals surface area contributed by atoms with Crippen LogP contribution in [-0.2, 0) is 37.2 Å². The molecule has 0 spiro atoms. The van der Waals surface area contributed by atoms with Crippen LogP contribution in [0.3, 0.4) is 0 Å². The second-order valence-electron chi connectivity index (χ2n) is 11.3. The highest BCUT2D eigenvalue weighted by Crippen LogP contribution is 2.37. The van der Waals surface area contributed by atoms with Crippen LogP contribution in [0.25, 0.3) is 0 Å². The highest BCUT2D eigenvalue weighted by Gasteiger charge is 2.36. The van der Waals surface area contributed by atoms with Crippen molar-refractivity contribution in [3.8, 4) is 0 Å². The fraction of sp³-hybridized carbons (Fsp3) is 0.303. The van der Waals surface area contributed by atoms with E-state index in [2.05, 4.69) is 19.9 Å². The van der Waals surface area contributed by atoms with Crippen molar-refractivity contribution in [2.24, 2.45) is 0 Å². The van der Waals surface area contributed by atoms with Gasteiger partial charge in [0.15, 0.2) is 5.13 Å². The van der Waals surface area contributed by atoms with Crippen LogP contribution in [0, 0.1) is 0 Å². The second-order valence-corrected chi connectivity index (χ2v) is 14.7. The van der Waals surface area contributed by atoms with Crippen LogP contribution in [0.5, 0.6) is 0 Å². The van der Waals surface area contributed by atoms with Crippen LogP contribution in [0.2, 0.25) is 10.0 Å². The molecule has 3 aliphatic heterocycles. The monoisotopic (exact) mass is 729 g/mol. The number of amides is 1. The standard InChI is InChI=1S/C21H21ClN4O4S2.C12H12ClNO2/c22-17-2-1-3-18-16(17)8-11-26(18)19(9-12-27)20(28)24-14-4-6-15(7-5-14)32(29,30)25-21-23-10-13-31-21;13-9-2-1-3-10-8(9)4-6-14(10)11-5-7-16-12(11)15/h1-7,10,13,19,27H,8-9,11-12H2,(H,23,25)(H,24,28);1-3,11H,4-7H2/t19-;11-/m00/s1. The molecule has 15 heteroatoms. The van der Waals surface area contributed by atoms with E-state index in [1.165, 1.54) is 41.8 Å². The molecule has 1 saturated heterocycles. The molecule has 1 fully saturated rings. The number of thiazole rings is 1. The number of aromatic nitrogens is 1. The summed E-state index contributed by atoms with van der Waals surface area (Å²) in [5.74, 6) is -0.392. The highest BCUT2D eigenvalue weighted by atomic mass is 35.5. The van der Waals surface area contributed by atoms with Gasteiger partial charge in [-0.25, -0.2) is 18.2 Å².